The zero-order chi connectivity index (χ0) is 13.0. The average molecular weight is 310 g/mol. The third kappa shape index (κ3) is 3.83. The van der Waals surface area contributed by atoms with Gasteiger partial charge in [0.05, 0.1) is 0 Å². The van der Waals surface area contributed by atoms with E-state index in [-0.39, 0.29) is 0 Å². The first-order valence-corrected chi connectivity index (χ1v) is 7.98. The molecule has 2 N–H and O–H groups in total. The lowest BCUT2D eigenvalue weighted by Gasteiger charge is -2.32. The van der Waals surface area contributed by atoms with Crippen molar-refractivity contribution >= 4 is 15.9 Å². The Morgan fingerprint density at radius 2 is 2.22 bits per heavy atom. The van der Waals surface area contributed by atoms with E-state index in [0.717, 1.165) is 22.7 Å². The van der Waals surface area contributed by atoms with E-state index in [1.807, 2.05) is 0 Å². The fraction of sp³-hybridized carbons (Fsp3) is 0.625. The van der Waals surface area contributed by atoms with Crippen molar-refractivity contribution < 1.29 is 0 Å². The van der Waals surface area contributed by atoms with E-state index < -0.39 is 0 Å². The molecule has 1 aromatic carbocycles. The Morgan fingerprint density at radius 1 is 1.39 bits per heavy atom. The molecular weight excluding hydrogens is 286 g/mol. The molecule has 18 heavy (non-hydrogen) atoms. The van der Waals surface area contributed by atoms with Crippen LogP contribution in [0.1, 0.15) is 44.6 Å². The lowest BCUT2D eigenvalue weighted by Crippen LogP contribution is -2.35. The Bertz CT molecular complexity index is 377. The number of halogens is 1. The molecule has 0 saturated heterocycles. The average Bonchev–Trinajstić information content (AvgIpc) is 2.39. The summed E-state index contributed by atoms with van der Waals surface area (Å²) in [5.41, 5.74) is 7.79. The monoisotopic (exact) mass is 309 g/mol. The zero-order valence-electron chi connectivity index (χ0n) is 11.2. The van der Waals surface area contributed by atoms with E-state index in [1.54, 1.807) is 0 Å². The number of hydrogen-bond acceptors (Lipinski definition) is 1. The van der Waals surface area contributed by atoms with E-state index in [0.29, 0.717) is 6.04 Å². The predicted molar refractivity (Wildman–Crippen MR) is 81.6 cm³/mol. The third-order valence-corrected chi connectivity index (χ3v) is 4.86. The van der Waals surface area contributed by atoms with E-state index in [2.05, 4.69) is 47.1 Å². The van der Waals surface area contributed by atoms with E-state index in [4.69, 9.17) is 5.73 Å². The van der Waals surface area contributed by atoms with Crippen molar-refractivity contribution in [1.29, 1.82) is 0 Å². The molecule has 1 aliphatic carbocycles. The van der Waals surface area contributed by atoms with Crippen LogP contribution in [-0.2, 0) is 6.42 Å². The van der Waals surface area contributed by atoms with Gasteiger partial charge in [0.1, 0.15) is 0 Å². The number of hydrogen-bond donors (Lipinski definition) is 1. The fourth-order valence-corrected chi connectivity index (χ4v) is 3.64. The molecule has 0 aliphatic heterocycles. The molecule has 1 fully saturated rings. The van der Waals surface area contributed by atoms with Crippen LogP contribution in [0.5, 0.6) is 0 Å². The summed E-state index contributed by atoms with van der Waals surface area (Å²) in [6.07, 6.45) is 7.78. The normalized spacial score (nSPS) is 25.9. The molecular formula is C16H24BrN. The highest BCUT2D eigenvalue weighted by Gasteiger charge is 2.25. The van der Waals surface area contributed by atoms with E-state index >= 15 is 0 Å². The largest absolute Gasteiger partial charge is 0.327 e. The highest BCUT2D eigenvalue weighted by Crippen LogP contribution is 2.33. The Morgan fingerprint density at radius 3 is 2.94 bits per heavy atom. The molecule has 0 spiro atoms. The molecule has 0 radical (unpaired) electrons. The van der Waals surface area contributed by atoms with Gasteiger partial charge in [-0.2, -0.15) is 0 Å². The van der Waals surface area contributed by atoms with Gasteiger partial charge < -0.3 is 5.73 Å². The first kappa shape index (κ1) is 14.1. The molecule has 1 aliphatic rings. The summed E-state index contributed by atoms with van der Waals surface area (Å²) in [6.45, 7) is 2.31. The minimum absolute atomic E-state index is 0.327. The molecule has 0 aromatic heterocycles. The smallest absolute Gasteiger partial charge is 0.0178 e. The van der Waals surface area contributed by atoms with Gasteiger partial charge in [-0.1, -0.05) is 54.2 Å². The van der Waals surface area contributed by atoms with Crippen LogP contribution in [0, 0.1) is 11.8 Å². The van der Waals surface area contributed by atoms with Crippen molar-refractivity contribution in [3.8, 4) is 0 Å². The third-order valence-electron chi connectivity index (χ3n) is 4.37. The van der Waals surface area contributed by atoms with Crippen molar-refractivity contribution in [2.45, 2.75) is 51.5 Å². The second-order valence-electron chi connectivity index (χ2n) is 5.70. The van der Waals surface area contributed by atoms with Crippen LogP contribution in [0.25, 0.3) is 0 Å². The van der Waals surface area contributed by atoms with Crippen LogP contribution in [0.15, 0.2) is 28.7 Å². The SMILES string of the molecule is CCC1CCCC(C(N)Cc2cccc(Br)c2)C1. The topological polar surface area (TPSA) is 26.0 Å². The molecule has 2 heteroatoms. The fourth-order valence-electron chi connectivity index (χ4n) is 3.19. The van der Waals surface area contributed by atoms with Gasteiger partial charge in [0.2, 0.25) is 0 Å². The molecule has 1 nitrogen and oxygen atoms in total. The Hall–Kier alpha value is -0.340. The van der Waals surface area contributed by atoms with E-state index in [1.165, 1.54) is 37.7 Å². The molecule has 0 bridgehead atoms. The Kier molecular flexibility index (Phi) is 5.25. The van der Waals surface area contributed by atoms with Crippen molar-refractivity contribution in [2.75, 3.05) is 0 Å². The van der Waals surface area contributed by atoms with Gasteiger partial charge in [0, 0.05) is 10.5 Å². The summed E-state index contributed by atoms with van der Waals surface area (Å²) >= 11 is 3.53. The molecule has 1 aromatic rings. The molecule has 100 valence electrons. The maximum absolute atomic E-state index is 6.43. The summed E-state index contributed by atoms with van der Waals surface area (Å²) < 4.78 is 1.15. The maximum Gasteiger partial charge on any atom is 0.0178 e. The standard InChI is InChI=1S/C16H24BrN/c1-2-12-5-3-7-14(9-12)16(18)11-13-6-4-8-15(17)10-13/h4,6,8,10,12,14,16H,2-3,5,7,9,11,18H2,1H3. The molecule has 1 saturated carbocycles. The second-order valence-corrected chi connectivity index (χ2v) is 6.61. The minimum atomic E-state index is 0.327. The summed E-state index contributed by atoms with van der Waals surface area (Å²) in [5.74, 6) is 1.64. The van der Waals surface area contributed by atoms with Crippen molar-refractivity contribution in [3.63, 3.8) is 0 Å². The summed E-state index contributed by atoms with van der Waals surface area (Å²) in [6, 6.07) is 8.88. The summed E-state index contributed by atoms with van der Waals surface area (Å²) in [7, 11) is 0. The summed E-state index contributed by atoms with van der Waals surface area (Å²) in [4.78, 5) is 0. The van der Waals surface area contributed by atoms with Crippen molar-refractivity contribution in [1.82, 2.24) is 0 Å². The van der Waals surface area contributed by atoms with Gasteiger partial charge >= 0.3 is 0 Å². The van der Waals surface area contributed by atoms with Crippen LogP contribution >= 0.6 is 15.9 Å². The number of nitrogens with two attached hydrogens (primary N) is 1. The highest BCUT2D eigenvalue weighted by molar-refractivity contribution is 9.10. The minimum Gasteiger partial charge on any atom is -0.327 e. The Balaban J connectivity index is 1.93. The molecule has 3 atom stereocenters. The number of rotatable bonds is 4. The van der Waals surface area contributed by atoms with Gasteiger partial charge in [-0.25, -0.2) is 0 Å². The van der Waals surface area contributed by atoms with Crippen LogP contribution in [-0.4, -0.2) is 6.04 Å². The first-order chi connectivity index (χ1) is 8.69. The van der Waals surface area contributed by atoms with Gasteiger partial charge in [0.25, 0.3) is 0 Å². The lowest BCUT2D eigenvalue weighted by molar-refractivity contribution is 0.228. The zero-order valence-corrected chi connectivity index (χ0v) is 12.8. The second kappa shape index (κ2) is 6.72. The predicted octanol–water partition coefficient (Wildman–Crippen LogP) is 4.54. The van der Waals surface area contributed by atoms with Gasteiger partial charge in [0.15, 0.2) is 0 Å². The van der Waals surface area contributed by atoms with Crippen LogP contribution in [0.3, 0.4) is 0 Å². The van der Waals surface area contributed by atoms with Gasteiger partial charge in [-0.3, -0.25) is 0 Å². The molecule has 0 amide bonds. The van der Waals surface area contributed by atoms with Crippen LogP contribution < -0.4 is 5.73 Å². The molecule has 0 heterocycles. The Labute approximate surface area is 119 Å². The lowest BCUT2D eigenvalue weighted by atomic mass is 9.76. The van der Waals surface area contributed by atoms with Crippen molar-refractivity contribution in [2.24, 2.45) is 17.6 Å². The summed E-state index contributed by atoms with van der Waals surface area (Å²) in [5, 5.41) is 0. The van der Waals surface area contributed by atoms with Crippen LogP contribution in [0.4, 0.5) is 0 Å². The van der Waals surface area contributed by atoms with Crippen LogP contribution in [0.2, 0.25) is 0 Å². The van der Waals surface area contributed by atoms with Crippen molar-refractivity contribution in [3.05, 3.63) is 34.3 Å². The first-order valence-electron chi connectivity index (χ1n) is 7.19. The number of benzene rings is 1. The van der Waals surface area contributed by atoms with E-state index in [9.17, 15) is 0 Å². The molecule has 2 rings (SSSR count). The highest BCUT2D eigenvalue weighted by atomic mass is 79.9. The quantitative estimate of drug-likeness (QED) is 0.868. The van der Waals surface area contributed by atoms with Gasteiger partial charge in [-0.05, 0) is 48.8 Å². The molecule has 3 unspecified atom stereocenters. The maximum atomic E-state index is 6.43. The van der Waals surface area contributed by atoms with Gasteiger partial charge in [-0.15, -0.1) is 0 Å².